The molecule has 164 valence electrons. The maximum absolute atomic E-state index is 12.2. The molecule has 0 atom stereocenters. The Hall–Kier alpha value is -2.79. The Bertz CT molecular complexity index is 988. The molecule has 0 radical (unpaired) electrons. The summed E-state index contributed by atoms with van der Waals surface area (Å²) in [5.74, 6) is 0.150. The molecule has 5 nitrogen and oxygen atoms in total. The summed E-state index contributed by atoms with van der Waals surface area (Å²) >= 11 is 0. The first-order chi connectivity index (χ1) is 15.2. The fraction of sp³-hybridized carbons (Fsp3) is 0.423. The second-order valence-corrected chi connectivity index (χ2v) is 8.58. The summed E-state index contributed by atoms with van der Waals surface area (Å²) in [6.45, 7) is 8.46. The number of hydrogen-bond acceptors (Lipinski definition) is 3. The summed E-state index contributed by atoms with van der Waals surface area (Å²) in [5.41, 5.74) is 5.02. The number of hydrogen-bond donors (Lipinski definition) is 2. The molecule has 2 N–H and O–H groups in total. The van der Waals surface area contributed by atoms with E-state index in [0.717, 1.165) is 64.0 Å². The third-order valence-electron chi connectivity index (χ3n) is 6.26. The Labute approximate surface area is 185 Å². The summed E-state index contributed by atoms with van der Waals surface area (Å²) in [4.78, 5) is 20.5. The van der Waals surface area contributed by atoms with Gasteiger partial charge >= 0.3 is 0 Å². The molecule has 0 bridgehead atoms. The molecule has 31 heavy (non-hydrogen) atoms. The minimum atomic E-state index is 0.150. The lowest BCUT2D eigenvalue weighted by Crippen LogP contribution is -2.46. The largest absolute Gasteiger partial charge is 0.369 e. The van der Waals surface area contributed by atoms with Crippen LogP contribution in [0.3, 0.4) is 0 Å². The Morgan fingerprint density at radius 3 is 2.71 bits per heavy atom. The van der Waals surface area contributed by atoms with Crippen LogP contribution in [0.15, 0.2) is 54.7 Å². The van der Waals surface area contributed by atoms with Crippen LogP contribution in [0.25, 0.3) is 10.9 Å². The van der Waals surface area contributed by atoms with Crippen LogP contribution in [-0.4, -0.2) is 55.1 Å². The van der Waals surface area contributed by atoms with Crippen LogP contribution in [0, 0.1) is 6.92 Å². The number of H-pyrrole nitrogens is 1. The van der Waals surface area contributed by atoms with Crippen LogP contribution in [0.2, 0.25) is 0 Å². The van der Waals surface area contributed by atoms with E-state index in [-0.39, 0.29) is 5.91 Å². The van der Waals surface area contributed by atoms with Crippen molar-refractivity contribution >= 4 is 22.5 Å². The minimum Gasteiger partial charge on any atom is -0.369 e. The van der Waals surface area contributed by atoms with Gasteiger partial charge in [-0.05, 0) is 62.1 Å². The predicted octanol–water partition coefficient (Wildman–Crippen LogP) is 4.13. The summed E-state index contributed by atoms with van der Waals surface area (Å²) in [5, 5.41) is 4.31. The molecule has 1 saturated heterocycles. The predicted molar refractivity (Wildman–Crippen MR) is 129 cm³/mol. The first kappa shape index (κ1) is 21.4. The number of nitrogens with one attached hydrogen (secondary N) is 2. The highest BCUT2D eigenvalue weighted by Crippen LogP contribution is 2.19. The molecule has 0 saturated carbocycles. The normalized spacial score (nSPS) is 14.8. The summed E-state index contributed by atoms with van der Waals surface area (Å²) in [6, 6.07) is 17.0. The van der Waals surface area contributed by atoms with Crippen molar-refractivity contribution in [2.75, 3.05) is 44.2 Å². The third kappa shape index (κ3) is 5.88. The molecule has 5 heteroatoms. The van der Waals surface area contributed by atoms with Crippen molar-refractivity contribution in [1.82, 2.24) is 15.2 Å². The van der Waals surface area contributed by atoms with Gasteiger partial charge < -0.3 is 15.2 Å². The molecular weight excluding hydrogens is 384 g/mol. The molecule has 0 unspecified atom stereocenters. The second kappa shape index (κ2) is 10.5. The summed E-state index contributed by atoms with van der Waals surface area (Å²) in [6.07, 6.45) is 5.52. The zero-order chi connectivity index (χ0) is 21.5. The monoisotopic (exact) mass is 418 g/mol. The van der Waals surface area contributed by atoms with Crippen molar-refractivity contribution in [3.8, 4) is 0 Å². The maximum Gasteiger partial charge on any atom is 0.220 e. The van der Waals surface area contributed by atoms with E-state index in [1.165, 1.54) is 22.2 Å². The standard InChI is InChI=1S/C26H34N4O/c1-21-7-6-8-23(19-21)30-17-15-29(16-18-30)14-5-4-13-27-26(31)12-11-22-20-28-25-10-3-2-9-24(22)25/h2-3,6-10,19-20,28H,4-5,11-18H2,1H3,(H,27,31). The van der Waals surface area contributed by atoms with Crippen molar-refractivity contribution < 1.29 is 4.79 Å². The van der Waals surface area contributed by atoms with Gasteiger partial charge in [-0.25, -0.2) is 0 Å². The molecule has 1 aliphatic rings. The maximum atomic E-state index is 12.2. The first-order valence-corrected chi connectivity index (χ1v) is 11.5. The Morgan fingerprint density at radius 1 is 1.03 bits per heavy atom. The fourth-order valence-corrected chi connectivity index (χ4v) is 4.42. The molecule has 2 heterocycles. The lowest BCUT2D eigenvalue weighted by molar-refractivity contribution is -0.121. The van der Waals surface area contributed by atoms with E-state index in [0.29, 0.717) is 6.42 Å². The van der Waals surface area contributed by atoms with E-state index in [2.05, 4.69) is 63.4 Å². The molecule has 4 rings (SSSR count). The first-order valence-electron chi connectivity index (χ1n) is 11.5. The van der Waals surface area contributed by atoms with Gasteiger partial charge in [-0.15, -0.1) is 0 Å². The molecule has 1 fully saturated rings. The van der Waals surface area contributed by atoms with Gasteiger partial charge in [0.25, 0.3) is 0 Å². The molecule has 0 aliphatic carbocycles. The highest BCUT2D eigenvalue weighted by Gasteiger charge is 2.16. The van der Waals surface area contributed by atoms with Gasteiger partial charge in [-0.1, -0.05) is 30.3 Å². The number of aromatic amines is 1. The van der Waals surface area contributed by atoms with Gasteiger partial charge in [0.05, 0.1) is 0 Å². The van der Waals surface area contributed by atoms with Gasteiger partial charge in [0.2, 0.25) is 5.91 Å². The van der Waals surface area contributed by atoms with Crippen LogP contribution in [-0.2, 0) is 11.2 Å². The van der Waals surface area contributed by atoms with E-state index in [4.69, 9.17) is 0 Å². The highest BCUT2D eigenvalue weighted by molar-refractivity contribution is 5.84. The molecule has 2 aromatic carbocycles. The number of aromatic nitrogens is 1. The highest BCUT2D eigenvalue weighted by atomic mass is 16.1. The number of carbonyl (C=O) groups excluding carboxylic acids is 1. The summed E-state index contributed by atoms with van der Waals surface area (Å²) in [7, 11) is 0. The van der Waals surface area contributed by atoms with Crippen molar-refractivity contribution in [1.29, 1.82) is 0 Å². The van der Waals surface area contributed by atoms with Crippen molar-refractivity contribution in [3.63, 3.8) is 0 Å². The van der Waals surface area contributed by atoms with E-state index >= 15 is 0 Å². The molecule has 1 amide bonds. The van der Waals surface area contributed by atoms with E-state index < -0.39 is 0 Å². The third-order valence-corrected chi connectivity index (χ3v) is 6.26. The van der Waals surface area contributed by atoms with Gasteiger partial charge in [0.15, 0.2) is 0 Å². The topological polar surface area (TPSA) is 51.4 Å². The Kier molecular flexibility index (Phi) is 7.26. The Morgan fingerprint density at radius 2 is 1.87 bits per heavy atom. The molecule has 1 aromatic heterocycles. The van der Waals surface area contributed by atoms with Gasteiger partial charge in [-0.3, -0.25) is 9.69 Å². The summed E-state index contributed by atoms with van der Waals surface area (Å²) < 4.78 is 0. The minimum absolute atomic E-state index is 0.150. The molecule has 0 spiro atoms. The number of carbonyl (C=O) groups is 1. The van der Waals surface area contributed by atoms with Crippen LogP contribution in [0.5, 0.6) is 0 Å². The Balaban J connectivity index is 1.08. The number of unbranched alkanes of at least 4 members (excludes halogenated alkanes) is 1. The van der Waals surface area contributed by atoms with Crippen LogP contribution in [0.4, 0.5) is 5.69 Å². The van der Waals surface area contributed by atoms with E-state index in [9.17, 15) is 4.79 Å². The van der Waals surface area contributed by atoms with Gasteiger partial charge in [-0.2, -0.15) is 0 Å². The number of benzene rings is 2. The number of para-hydroxylation sites is 1. The average Bonchev–Trinajstić information content (AvgIpc) is 3.21. The number of fused-ring (bicyclic) bond motifs is 1. The average molecular weight is 419 g/mol. The SMILES string of the molecule is Cc1cccc(N2CCN(CCCCNC(=O)CCc3c[nH]c4ccccc34)CC2)c1. The number of aryl methyl sites for hydroxylation is 2. The smallest absolute Gasteiger partial charge is 0.220 e. The van der Waals surface area contributed by atoms with Crippen LogP contribution < -0.4 is 10.2 Å². The quantitative estimate of drug-likeness (QED) is 0.514. The van der Waals surface area contributed by atoms with Crippen LogP contribution in [0.1, 0.15) is 30.4 Å². The second-order valence-electron chi connectivity index (χ2n) is 8.58. The molecule has 3 aromatic rings. The zero-order valence-corrected chi connectivity index (χ0v) is 18.6. The number of anilines is 1. The lowest BCUT2D eigenvalue weighted by Gasteiger charge is -2.36. The lowest BCUT2D eigenvalue weighted by atomic mass is 10.1. The fourth-order valence-electron chi connectivity index (χ4n) is 4.42. The van der Waals surface area contributed by atoms with Crippen molar-refractivity contribution in [3.05, 3.63) is 65.9 Å². The molecular formula is C26H34N4O. The van der Waals surface area contributed by atoms with Gasteiger partial charge in [0, 0.05) is 61.9 Å². The van der Waals surface area contributed by atoms with Gasteiger partial charge in [0.1, 0.15) is 0 Å². The zero-order valence-electron chi connectivity index (χ0n) is 18.6. The van der Waals surface area contributed by atoms with Crippen LogP contribution >= 0.6 is 0 Å². The number of amides is 1. The van der Waals surface area contributed by atoms with E-state index in [1.807, 2.05) is 18.3 Å². The van der Waals surface area contributed by atoms with Crippen molar-refractivity contribution in [2.45, 2.75) is 32.6 Å². The number of piperazine rings is 1. The number of nitrogens with zero attached hydrogens (tertiary/aromatic N) is 2. The van der Waals surface area contributed by atoms with Crippen molar-refractivity contribution in [2.24, 2.45) is 0 Å². The molecule has 1 aliphatic heterocycles. The van der Waals surface area contributed by atoms with E-state index in [1.54, 1.807) is 0 Å². The number of rotatable bonds is 9.